The topological polar surface area (TPSA) is 116 Å². The van der Waals surface area contributed by atoms with Crippen molar-refractivity contribution in [1.82, 2.24) is 14.7 Å². The predicted molar refractivity (Wildman–Crippen MR) is 72.2 cm³/mol. The second-order valence-corrected chi connectivity index (χ2v) is 6.31. The molecule has 0 radical (unpaired) electrons. The number of carbonyl (C=O) groups is 3. The molecule has 2 bridgehead atoms. The van der Waals surface area contributed by atoms with Crippen molar-refractivity contribution in [2.24, 2.45) is 0 Å². The molecule has 9 heteroatoms. The lowest BCUT2D eigenvalue weighted by molar-refractivity contribution is -0.279. The Bertz CT molecular complexity index is 497. The van der Waals surface area contributed by atoms with Crippen LogP contribution in [0.25, 0.3) is 0 Å². The molecule has 3 heterocycles. The molecule has 3 atom stereocenters. The molecule has 3 fully saturated rings. The summed E-state index contributed by atoms with van der Waals surface area (Å²) in [6.07, 6.45) is -1.83. The Morgan fingerprint density at radius 3 is 2.30 bits per heavy atom. The number of ether oxygens (including phenoxy) is 1. The molecular formula is C14H19N3O6-2. The molecular weight excluding hydrogens is 306 g/mol. The average molecular weight is 325 g/mol. The van der Waals surface area contributed by atoms with Gasteiger partial charge in [-0.25, -0.2) is 0 Å². The van der Waals surface area contributed by atoms with Crippen LogP contribution in [0.4, 0.5) is 9.59 Å². The van der Waals surface area contributed by atoms with E-state index < -0.39 is 18.2 Å². The van der Waals surface area contributed by atoms with Crippen LogP contribution in [0.15, 0.2) is 0 Å². The summed E-state index contributed by atoms with van der Waals surface area (Å²) in [5, 5.41) is 22.4. The van der Waals surface area contributed by atoms with Crippen LogP contribution >= 0.6 is 0 Å². The average Bonchev–Trinajstić information content (AvgIpc) is 2.47. The number of fused-ring (bicyclic) bond motifs is 2. The van der Waals surface area contributed by atoms with Crippen molar-refractivity contribution in [2.45, 2.75) is 31.0 Å². The molecule has 2 unspecified atom stereocenters. The van der Waals surface area contributed by atoms with E-state index in [1.807, 2.05) is 0 Å². The third-order valence-electron chi connectivity index (χ3n) is 4.88. The number of carboxylic acid groups (broad SMARTS) is 2. The van der Waals surface area contributed by atoms with Crippen LogP contribution in [0, 0.1) is 0 Å². The lowest BCUT2D eigenvalue weighted by Crippen LogP contribution is -2.66. The SMILES string of the molecule is O=C1CC2COCC(C1)N2C[C@H]1CN(C(=O)[O-])CCN1C(=O)[O-]. The summed E-state index contributed by atoms with van der Waals surface area (Å²) >= 11 is 0. The second kappa shape index (κ2) is 6.32. The van der Waals surface area contributed by atoms with Crippen LogP contribution in [0.1, 0.15) is 12.8 Å². The Morgan fingerprint density at radius 2 is 1.74 bits per heavy atom. The minimum absolute atomic E-state index is 0.0566. The van der Waals surface area contributed by atoms with Crippen LogP contribution in [-0.2, 0) is 9.53 Å². The van der Waals surface area contributed by atoms with Gasteiger partial charge >= 0.3 is 0 Å². The molecule has 3 rings (SSSR count). The van der Waals surface area contributed by atoms with Gasteiger partial charge in [-0.15, -0.1) is 0 Å². The Hall–Kier alpha value is -1.87. The number of carbonyl (C=O) groups excluding carboxylic acids is 3. The first-order valence-corrected chi connectivity index (χ1v) is 7.74. The molecule has 0 aromatic carbocycles. The lowest BCUT2D eigenvalue weighted by atomic mass is 9.92. The molecule has 0 aromatic rings. The minimum Gasteiger partial charge on any atom is -0.530 e. The Labute approximate surface area is 133 Å². The molecule has 9 nitrogen and oxygen atoms in total. The summed E-state index contributed by atoms with van der Waals surface area (Å²) in [5.41, 5.74) is 0. The van der Waals surface area contributed by atoms with E-state index in [9.17, 15) is 24.6 Å². The largest absolute Gasteiger partial charge is 0.530 e. The maximum absolute atomic E-state index is 11.7. The van der Waals surface area contributed by atoms with E-state index in [1.54, 1.807) is 0 Å². The van der Waals surface area contributed by atoms with Gasteiger partial charge in [0.15, 0.2) is 0 Å². The maximum atomic E-state index is 11.7. The highest BCUT2D eigenvalue weighted by Gasteiger charge is 2.40. The zero-order valence-electron chi connectivity index (χ0n) is 12.7. The summed E-state index contributed by atoms with van der Waals surface area (Å²) in [6, 6.07) is -0.670. The van der Waals surface area contributed by atoms with Crippen molar-refractivity contribution in [3.63, 3.8) is 0 Å². The normalized spacial score (nSPS) is 32.0. The minimum atomic E-state index is -1.30. The summed E-state index contributed by atoms with van der Waals surface area (Å²) < 4.78 is 5.49. The number of hydrogen-bond donors (Lipinski definition) is 0. The fraction of sp³-hybridized carbons (Fsp3) is 0.786. The number of ketones is 1. The van der Waals surface area contributed by atoms with Crippen molar-refractivity contribution >= 4 is 18.0 Å². The van der Waals surface area contributed by atoms with Gasteiger partial charge < -0.3 is 34.3 Å². The van der Waals surface area contributed by atoms with Gasteiger partial charge in [0, 0.05) is 51.1 Å². The molecule has 0 N–H and O–H groups in total. The van der Waals surface area contributed by atoms with Crippen molar-refractivity contribution in [1.29, 1.82) is 0 Å². The van der Waals surface area contributed by atoms with E-state index >= 15 is 0 Å². The first-order valence-electron chi connectivity index (χ1n) is 7.74. The summed E-state index contributed by atoms with van der Waals surface area (Å²) in [5.74, 6) is 0.191. The molecule has 23 heavy (non-hydrogen) atoms. The monoisotopic (exact) mass is 325 g/mol. The Morgan fingerprint density at radius 1 is 1.09 bits per heavy atom. The van der Waals surface area contributed by atoms with E-state index in [4.69, 9.17) is 4.74 Å². The summed E-state index contributed by atoms with van der Waals surface area (Å²) in [4.78, 5) is 38.5. The quantitative estimate of drug-likeness (QED) is 0.534. The zero-order chi connectivity index (χ0) is 16.6. The molecule has 0 aromatic heterocycles. The number of Topliss-reactive ketones (excluding diaryl/α,β-unsaturated/α-hetero) is 1. The predicted octanol–water partition coefficient (Wildman–Crippen LogP) is -2.91. The number of piperazine rings is 1. The number of hydrogen-bond acceptors (Lipinski definition) is 7. The number of piperidine rings is 1. The maximum Gasteiger partial charge on any atom is 0.137 e. The van der Waals surface area contributed by atoms with Gasteiger partial charge in [0.05, 0.1) is 19.3 Å². The first kappa shape index (κ1) is 16.0. The van der Waals surface area contributed by atoms with Gasteiger partial charge in [-0.05, 0) is 0 Å². The number of nitrogens with zero attached hydrogens (tertiary/aromatic N) is 3. The van der Waals surface area contributed by atoms with Crippen LogP contribution < -0.4 is 10.2 Å². The van der Waals surface area contributed by atoms with E-state index in [-0.39, 0.29) is 37.5 Å². The van der Waals surface area contributed by atoms with Crippen LogP contribution in [0.3, 0.4) is 0 Å². The standard InChI is InChI=1S/C14H21N3O6/c18-12-3-9-7-23-8-10(4-12)17(9)6-11-5-15(13(19)20)1-2-16(11)14(21)22/h9-11H,1-8H2,(H,19,20)(H,21,22)/p-2/t9?,10?,11-/m1/s1. The van der Waals surface area contributed by atoms with Gasteiger partial charge in [-0.1, -0.05) is 0 Å². The molecule has 128 valence electrons. The van der Waals surface area contributed by atoms with Crippen molar-refractivity contribution in [3.05, 3.63) is 0 Å². The van der Waals surface area contributed by atoms with Gasteiger partial charge in [0.25, 0.3) is 0 Å². The van der Waals surface area contributed by atoms with Crippen LogP contribution in [0.2, 0.25) is 0 Å². The molecule has 0 aliphatic carbocycles. The van der Waals surface area contributed by atoms with Gasteiger partial charge in [-0.2, -0.15) is 0 Å². The van der Waals surface area contributed by atoms with Crippen molar-refractivity contribution in [2.75, 3.05) is 39.4 Å². The third kappa shape index (κ3) is 3.25. The van der Waals surface area contributed by atoms with E-state index in [0.29, 0.717) is 32.6 Å². The van der Waals surface area contributed by atoms with Crippen molar-refractivity contribution in [3.8, 4) is 0 Å². The van der Waals surface area contributed by atoms with Gasteiger partial charge in [0.1, 0.15) is 18.0 Å². The number of rotatable bonds is 2. The number of morpholine rings is 1. The highest BCUT2D eigenvalue weighted by Crippen LogP contribution is 2.26. The molecule has 0 spiro atoms. The second-order valence-electron chi connectivity index (χ2n) is 6.31. The Kier molecular flexibility index (Phi) is 4.40. The van der Waals surface area contributed by atoms with Gasteiger partial charge in [-0.3, -0.25) is 9.69 Å². The fourth-order valence-corrected chi connectivity index (χ4v) is 3.75. The van der Waals surface area contributed by atoms with Crippen molar-refractivity contribution < 1.29 is 29.3 Å². The first-order chi connectivity index (χ1) is 11.0. The molecule has 3 saturated heterocycles. The highest BCUT2D eigenvalue weighted by atomic mass is 16.5. The molecule has 3 aliphatic heterocycles. The smallest absolute Gasteiger partial charge is 0.137 e. The number of amides is 2. The van der Waals surface area contributed by atoms with Gasteiger partial charge in [0.2, 0.25) is 0 Å². The van der Waals surface area contributed by atoms with Crippen LogP contribution in [0.5, 0.6) is 0 Å². The summed E-state index contributed by atoms with van der Waals surface area (Å²) in [6.45, 7) is 1.45. The zero-order valence-corrected chi connectivity index (χ0v) is 12.7. The third-order valence-corrected chi connectivity index (χ3v) is 4.88. The van der Waals surface area contributed by atoms with E-state index in [1.165, 1.54) is 4.90 Å². The molecule has 3 aliphatic rings. The highest BCUT2D eigenvalue weighted by molar-refractivity contribution is 5.80. The lowest BCUT2D eigenvalue weighted by Gasteiger charge is -2.50. The molecule has 0 saturated carbocycles. The summed E-state index contributed by atoms with van der Waals surface area (Å²) in [7, 11) is 0. The van der Waals surface area contributed by atoms with E-state index in [0.717, 1.165) is 4.90 Å². The van der Waals surface area contributed by atoms with Crippen LogP contribution in [-0.4, -0.2) is 90.2 Å². The molecule has 2 amide bonds. The fourth-order valence-electron chi connectivity index (χ4n) is 3.75. The Balaban J connectivity index is 1.73. The van der Waals surface area contributed by atoms with E-state index in [2.05, 4.69) is 4.90 Å².